The molecule has 1 aliphatic heterocycles. The van der Waals surface area contributed by atoms with Crippen LogP contribution in [0.25, 0.3) is 16.5 Å². The Kier molecular flexibility index (Phi) is 5.82. The Morgan fingerprint density at radius 3 is 2.59 bits per heavy atom. The van der Waals surface area contributed by atoms with Crippen molar-refractivity contribution in [3.63, 3.8) is 0 Å². The number of nitrogens with one attached hydrogen (secondary N) is 1. The average Bonchev–Trinajstić information content (AvgIpc) is 3.31. The molecular formula is C25H31N3O5S. The lowest BCUT2D eigenvalue weighted by molar-refractivity contribution is 0.0979. The van der Waals surface area contributed by atoms with Crippen LogP contribution in [0.5, 0.6) is 0 Å². The third-order valence-electron chi connectivity index (χ3n) is 7.38. The Labute approximate surface area is 200 Å². The molecule has 1 unspecified atom stereocenters. The molecule has 0 spiro atoms. The second kappa shape index (κ2) is 8.55. The summed E-state index contributed by atoms with van der Waals surface area (Å²) in [4.78, 5) is 12.8. The van der Waals surface area contributed by atoms with Crippen molar-refractivity contribution in [2.45, 2.75) is 57.1 Å². The first-order valence-corrected chi connectivity index (χ1v) is 13.3. The zero-order valence-electron chi connectivity index (χ0n) is 19.8. The number of aromatic nitrogens is 1. The van der Waals surface area contributed by atoms with Gasteiger partial charge in [-0.05, 0) is 54.5 Å². The van der Waals surface area contributed by atoms with E-state index in [0.29, 0.717) is 5.92 Å². The number of nitrogens with zero attached hydrogens (tertiary/aromatic N) is 2. The van der Waals surface area contributed by atoms with Gasteiger partial charge in [0.2, 0.25) is 0 Å². The van der Waals surface area contributed by atoms with Crippen LogP contribution in [0.1, 0.15) is 78.7 Å². The lowest BCUT2D eigenvalue weighted by atomic mass is 9.80. The number of aliphatic hydroxyl groups excluding tert-OH is 1. The molecule has 5 rings (SSSR count). The first kappa shape index (κ1) is 23.1. The van der Waals surface area contributed by atoms with E-state index in [1.165, 1.54) is 38.9 Å². The molecule has 182 valence electrons. The zero-order chi connectivity index (χ0) is 24.2. The van der Waals surface area contributed by atoms with Crippen LogP contribution in [0.4, 0.5) is 0 Å². The third-order valence-corrected chi connectivity index (χ3v) is 8.78. The van der Waals surface area contributed by atoms with Crippen molar-refractivity contribution in [2.24, 2.45) is 0 Å². The topological polar surface area (TPSA) is 101 Å². The van der Waals surface area contributed by atoms with Crippen molar-refractivity contribution < 1.29 is 23.1 Å². The summed E-state index contributed by atoms with van der Waals surface area (Å²) in [6, 6.07) is 5.29. The summed E-state index contributed by atoms with van der Waals surface area (Å²) in [5, 5.41) is 12.4. The monoisotopic (exact) mass is 485 g/mol. The van der Waals surface area contributed by atoms with Gasteiger partial charge in [0.05, 0.1) is 24.1 Å². The summed E-state index contributed by atoms with van der Waals surface area (Å²) < 4.78 is 34.8. The van der Waals surface area contributed by atoms with E-state index in [2.05, 4.69) is 4.72 Å². The number of methoxy groups -OCH3 is 1. The highest BCUT2D eigenvalue weighted by atomic mass is 32.2. The fraction of sp³-hybridized carbons (Fsp3) is 0.480. The molecule has 1 aromatic heterocycles. The quantitative estimate of drug-likeness (QED) is 0.671. The fourth-order valence-corrected chi connectivity index (χ4v) is 6.16. The first-order chi connectivity index (χ1) is 16.2. The minimum atomic E-state index is -3.91. The Morgan fingerprint density at radius 2 is 1.91 bits per heavy atom. The molecule has 1 saturated carbocycles. The summed E-state index contributed by atoms with van der Waals surface area (Å²) in [5.74, 6) is 0.548. The molecule has 8 nitrogen and oxygen atoms in total. The second-order valence-corrected chi connectivity index (χ2v) is 11.4. The molecule has 2 heterocycles. The van der Waals surface area contributed by atoms with Gasteiger partial charge >= 0.3 is 10.2 Å². The number of fused-ring (bicyclic) bond motifs is 4. The highest BCUT2D eigenvalue weighted by Gasteiger charge is 2.38. The highest BCUT2D eigenvalue weighted by Crippen LogP contribution is 2.51. The van der Waals surface area contributed by atoms with Crippen LogP contribution in [0, 0.1) is 0 Å². The van der Waals surface area contributed by atoms with E-state index in [1.54, 1.807) is 19.2 Å². The highest BCUT2D eigenvalue weighted by molar-refractivity contribution is 7.87. The molecule has 1 atom stereocenters. The van der Waals surface area contributed by atoms with Gasteiger partial charge in [-0.1, -0.05) is 25.3 Å². The van der Waals surface area contributed by atoms with Crippen molar-refractivity contribution in [3.05, 3.63) is 52.4 Å². The molecule has 2 aromatic rings. The summed E-state index contributed by atoms with van der Waals surface area (Å²) in [6.45, 7) is 0. The fourth-order valence-electron chi connectivity index (χ4n) is 5.62. The van der Waals surface area contributed by atoms with E-state index in [1.807, 2.05) is 16.7 Å². The van der Waals surface area contributed by atoms with E-state index < -0.39 is 22.3 Å². The van der Waals surface area contributed by atoms with Crippen molar-refractivity contribution in [2.75, 3.05) is 21.2 Å². The molecule has 34 heavy (non-hydrogen) atoms. The molecule has 2 aliphatic carbocycles. The first-order valence-electron chi connectivity index (χ1n) is 11.8. The Hall–Kier alpha value is -2.62. The predicted molar refractivity (Wildman–Crippen MR) is 130 cm³/mol. The molecule has 1 amide bonds. The van der Waals surface area contributed by atoms with Gasteiger partial charge < -0.3 is 14.4 Å². The summed E-state index contributed by atoms with van der Waals surface area (Å²) >= 11 is 0. The lowest BCUT2D eigenvalue weighted by Gasteiger charge is -2.24. The second-order valence-electron chi connectivity index (χ2n) is 9.54. The summed E-state index contributed by atoms with van der Waals surface area (Å²) in [7, 11) is 0.465. The van der Waals surface area contributed by atoms with Gasteiger partial charge in [-0.2, -0.15) is 12.7 Å². The summed E-state index contributed by atoms with van der Waals surface area (Å²) in [6.07, 6.45) is 8.45. The number of carbonyl (C=O) groups excluding carboxylic acids is 1. The van der Waals surface area contributed by atoms with Crippen LogP contribution in [0.3, 0.4) is 0 Å². The van der Waals surface area contributed by atoms with Gasteiger partial charge in [-0.3, -0.25) is 4.79 Å². The molecule has 0 saturated heterocycles. The predicted octanol–water partition coefficient (Wildman–Crippen LogP) is 3.81. The maximum Gasteiger partial charge on any atom is 0.303 e. The molecule has 2 N–H and O–H groups in total. The van der Waals surface area contributed by atoms with Crippen LogP contribution < -0.4 is 4.72 Å². The maximum absolute atomic E-state index is 12.8. The largest absolute Gasteiger partial charge is 0.501 e. The molecule has 0 radical (unpaired) electrons. The van der Waals surface area contributed by atoms with E-state index in [0.717, 1.165) is 63.5 Å². The van der Waals surface area contributed by atoms with Crippen molar-refractivity contribution >= 4 is 32.6 Å². The van der Waals surface area contributed by atoms with Gasteiger partial charge in [0.15, 0.2) is 6.23 Å². The van der Waals surface area contributed by atoms with Crippen LogP contribution in [-0.2, 0) is 14.9 Å². The van der Waals surface area contributed by atoms with Crippen LogP contribution in [0.15, 0.2) is 35.6 Å². The maximum atomic E-state index is 12.8. The molecule has 1 fully saturated rings. The van der Waals surface area contributed by atoms with Gasteiger partial charge in [0, 0.05) is 37.0 Å². The zero-order valence-corrected chi connectivity index (χ0v) is 20.6. The van der Waals surface area contributed by atoms with E-state index >= 15 is 0 Å². The van der Waals surface area contributed by atoms with Crippen molar-refractivity contribution in [1.82, 2.24) is 13.6 Å². The number of hydrogen-bond donors (Lipinski definition) is 2. The van der Waals surface area contributed by atoms with Gasteiger partial charge in [0.25, 0.3) is 5.91 Å². The van der Waals surface area contributed by atoms with Gasteiger partial charge in [0.1, 0.15) is 0 Å². The van der Waals surface area contributed by atoms with Crippen LogP contribution in [-0.4, -0.2) is 49.5 Å². The Morgan fingerprint density at radius 1 is 1.18 bits per heavy atom. The molecule has 3 aliphatic rings. The van der Waals surface area contributed by atoms with E-state index in [9.17, 15) is 18.3 Å². The molecule has 1 aromatic carbocycles. The van der Waals surface area contributed by atoms with Crippen LogP contribution in [0.2, 0.25) is 0 Å². The Balaban J connectivity index is 1.66. The number of carbonyl (C=O) groups is 1. The number of rotatable bonds is 5. The number of allylic oxidation sites excluding steroid dienone is 2. The minimum Gasteiger partial charge on any atom is -0.501 e. The van der Waals surface area contributed by atoms with Crippen molar-refractivity contribution in [1.29, 1.82) is 0 Å². The average molecular weight is 486 g/mol. The molecule has 0 bridgehead atoms. The number of ether oxygens (including phenoxy) is 1. The molecular weight excluding hydrogens is 454 g/mol. The smallest absolute Gasteiger partial charge is 0.303 e. The number of aliphatic hydroxyl groups is 1. The van der Waals surface area contributed by atoms with Gasteiger partial charge in [-0.25, -0.2) is 4.72 Å². The van der Waals surface area contributed by atoms with Crippen molar-refractivity contribution in [3.8, 4) is 0 Å². The van der Waals surface area contributed by atoms with Crippen LogP contribution >= 0.6 is 0 Å². The lowest BCUT2D eigenvalue weighted by Crippen LogP contribution is -2.39. The summed E-state index contributed by atoms with van der Waals surface area (Å²) in [5.41, 5.74) is 5.29. The minimum absolute atomic E-state index is 0.235. The Bertz CT molecular complexity index is 1330. The van der Waals surface area contributed by atoms with E-state index in [-0.39, 0.29) is 5.56 Å². The van der Waals surface area contributed by atoms with Gasteiger partial charge in [-0.15, -0.1) is 0 Å². The number of hydrogen-bond acceptors (Lipinski definition) is 5. The SMILES string of the molecule is COC1=CC2=C(CC1)c1c(C3CCCCC3)c3ccc(C(=O)NS(=O)(=O)N(C)C)cc3n1C2O. The molecule has 9 heteroatoms. The standard InChI is InChI=1S/C25H31N3O5S/c1-27(2)34(31,32)26-24(29)16-9-11-19-21(13-16)28-23(22(19)15-7-5-4-6-8-15)18-12-10-17(33-3)14-20(18)25(28)30/h9,11,13-15,25,30H,4-8,10,12H2,1-3H3,(H,26,29). The van der Waals surface area contributed by atoms with E-state index in [4.69, 9.17) is 4.74 Å². The normalized spacial score (nSPS) is 21.0. The number of amides is 1. The third kappa shape index (κ3) is 3.66. The number of benzene rings is 1.